The molecule has 1 aromatic rings. The van der Waals surface area contributed by atoms with Crippen LogP contribution in [0.2, 0.25) is 0 Å². The van der Waals surface area contributed by atoms with E-state index in [1.54, 1.807) is 11.8 Å². The van der Waals surface area contributed by atoms with Crippen molar-refractivity contribution in [1.82, 2.24) is 5.32 Å². The lowest BCUT2D eigenvalue weighted by Gasteiger charge is -2.12. The van der Waals surface area contributed by atoms with Crippen molar-refractivity contribution >= 4 is 17.7 Å². The van der Waals surface area contributed by atoms with Gasteiger partial charge in [-0.05, 0) is 38.0 Å². The molecule has 0 saturated heterocycles. The lowest BCUT2D eigenvalue weighted by Crippen LogP contribution is -2.27. The van der Waals surface area contributed by atoms with E-state index in [0.29, 0.717) is 32.1 Å². The Labute approximate surface area is 136 Å². The molecule has 0 atom stereocenters. The number of hydrogen-bond donors (Lipinski definition) is 2. The molecule has 0 aliphatic heterocycles. The van der Waals surface area contributed by atoms with Gasteiger partial charge >= 0.3 is 0 Å². The van der Waals surface area contributed by atoms with E-state index in [1.165, 1.54) is 0 Å². The molecule has 124 valence electrons. The van der Waals surface area contributed by atoms with Gasteiger partial charge < -0.3 is 20.5 Å². The molecule has 1 amide bonds. The predicted molar refractivity (Wildman–Crippen MR) is 91.9 cm³/mol. The normalized spacial score (nSPS) is 10.3. The Morgan fingerprint density at radius 3 is 2.64 bits per heavy atom. The second-order valence-electron chi connectivity index (χ2n) is 4.59. The Kier molecular flexibility index (Phi) is 9.50. The fourth-order valence-electron chi connectivity index (χ4n) is 1.90. The molecule has 0 aliphatic carbocycles. The van der Waals surface area contributed by atoms with Crippen LogP contribution in [0, 0.1) is 0 Å². The van der Waals surface area contributed by atoms with Gasteiger partial charge in [0.05, 0.1) is 19.0 Å². The summed E-state index contributed by atoms with van der Waals surface area (Å²) in [6, 6.07) is 5.90. The molecule has 22 heavy (non-hydrogen) atoms. The van der Waals surface area contributed by atoms with Crippen molar-refractivity contribution in [2.24, 2.45) is 5.73 Å². The van der Waals surface area contributed by atoms with Gasteiger partial charge in [-0.1, -0.05) is 6.07 Å². The average molecular weight is 326 g/mol. The molecule has 0 bridgehead atoms. The van der Waals surface area contributed by atoms with Crippen LogP contribution in [-0.2, 0) is 11.2 Å². The topological polar surface area (TPSA) is 73.6 Å². The summed E-state index contributed by atoms with van der Waals surface area (Å²) in [4.78, 5) is 11.6. The molecule has 3 N–H and O–H groups in total. The van der Waals surface area contributed by atoms with E-state index < -0.39 is 0 Å². The number of amides is 1. The molecule has 0 fully saturated rings. The Bertz CT molecular complexity index is 455. The third-order valence-electron chi connectivity index (χ3n) is 2.84. The molecule has 0 unspecified atom stereocenters. The number of benzene rings is 1. The van der Waals surface area contributed by atoms with Crippen LogP contribution in [0.4, 0.5) is 0 Å². The quantitative estimate of drug-likeness (QED) is 0.607. The van der Waals surface area contributed by atoms with Gasteiger partial charge in [-0.3, -0.25) is 4.79 Å². The van der Waals surface area contributed by atoms with Gasteiger partial charge in [-0.2, -0.15) is 11.8 Å². The largest absolute Gasteiger partial charge is 0.490 e. The zero-order valence-electron chi connectivity index (χ0n) is 13.4. The van der Waals surface area contributed by atoms with Crippen LogP contribution in [-0.4, -0.2) is 43.7 Å². The lowest BCUT2D eigenvalue weighted by atomic mass is 10.1. The number of carbonyl (C=O) groups is 1. The maximum absolute atomic E-state index is 11.6. The van der Waals surface area contributed by atoms with E-state index in [4.69, 9.17) is 15.2 Å². The number of thioether (sulfide) groups is 1. The fraction of sp³-hybridized carbons (Fsp3) is 0.562. The van der Waals surface area contributed by atoms with Gasteiger partial charge in [0.2, 0.25) is 5.91 Å². The number of nitrogens with one attached hydrogen (secondary N) is 1. The van der Waals surface area contributed by atoms with E-state index in [9.17, 15) is 4.79 Å². The van der Waals surface area contributed by atoms with Crippen LogP contribution in [0.25, 0.3) is 0 Å². The standard InChI is InChI=1S/C16H26N2O3S/c1-3-20-14-6-5-13(11-15(14)21-4-2)7-9-18-16(19)12-22-10-8-17/h5-6,11H,3-4,7-10,12,17H2,1-2H3,(H,18,19). The smallest absolute Gasteiger partial charge is 0.230 e. The molecule has 0 spiro atoms. The number of hydrogen-bond acceptors (Lipinski definition) is 5. The Hall–Kier alpha value is -1.40. The minimum absolute atomic E-state index is 0.0504. The van der Waals surface area contributed by atoms with Gasteiger partial charge in [0.25, 0.3) is 0 Å². The van der Waals surface area contributed by atoms with Crippen molar-refractivity contribution in [2.75, 3.05) is 37.8 Å². The highest BCUT2D eigenvalue weighted by atomic mass is 32.2. The molecule has 1 aromatic carbocycles. The Morgan fingerprint density at radius 2 is 1.95 bits per heavy atom. The zero-order chi connectivity index (χ0) is 16.2. The summed E-state index contributed by atoms with van der Waals surface area (Å²) >= 11 is 1.55. The molecular weight excluding hydrogens is 300 g/mol. The first-order valence-corrected chi connectivity index (χ1v) is 8.79. The van der Waals surface area contributed by atoms with Gasteiger partial charge in [-0.25, -0.2) is 0 Å². The third kappa shape index (κ3) is 7.04. The van der Waals surface area contributed by atoms with Crippen molar-refractivity contribution in [3.05, 3.63) is 23.8 Å². The monoisotopic (exact) mass is 326 g/mol. The first-order chi connectivity index (χ1) is 10.7. The second-order valence-corrected chi connectivity index (χ2v) is 5.69. The Morgan fingerprint density at radius 1 is 1.23 bits per heavy atom. The highest BCUT2D eigenvalue weighted by molar-refractivity contribution is 7.99. The SMILES string of the molecule is CCOc1ccc(CCNC(=O)CSCCN)cc1OCC. The van der Waals surface area contributed by atoms with Crippen LogP contribution in [0.5, 0.6) is 11.5 Å². The van der Waals surface area contributed by atoms with Gasteiger partial charge in [0, 0.05) is 18.8 Å². The minimum Gasteiger partial charge on any atom is -0.490 e. The van der Waals surface area contributed by atoms with Crippen molar-refractivity contribution < 1.29 is 14.3 Å². The molecule has 1 rings (SSSR count). The van der Waals surface area contributed by atoms with Crippen LogP contribution in [0.15, 0.2) is 18.2 Å². The molecule has 0 saturated carbocycles. The van der Waals surface area contributed by atoms with Crippen molar-refractivity contribution in [1.29, 1.82) is 0 Å². The Balaban J connectivity index is 2.45. The molecule has 0 radical (unpaired) electrons. The molecule has 0 heterocycles. The molecule has 6 heteroatoms. The average Bonchev–Trinajstić information content (AvgIpc) is 2.50. The maximum Gasteiger partial charge on any atom is 0.230 e. The number of rotatable bonds is 11. The zero-order valence-corrected chi connectivity index (χ0v) is 14.2. The second kappa shape index (κ2) is 11.2. The summed E-state index contributed by atoms with van der Waals surface area (Å²) < 4.78 is 11.1. The summed E-state index contributed by atoms with van der Waals surface area (Å²) in [5, 5.41) is 2.91. The van der Waals surface area contributed by atoms with Gasteiger partial charge in [0.1, 0.15) is 0 Å². The summed E-state index contributed by atoms with van der Waals surface area (Å²) in [7, 11) is 0. The highest BCUT2D eigenvalue weighted by Crippen LogP contribution is 2.28. The van der Waals surface area contributed by atoms with E-state index in [-0.39, 0.29) is 5.91 Å². The van der Waals surface area contributed by atoms with Gasteiger partial charge in [-0.15, -0.1) is 0 Å². The van der Waals surface area contributed by atoms with Crippen LogP contribution < -0.4 is 20.5 Å². The van der Waals surface area contributed by atoms with Crippen molar-refractivity contribution in [2.45, 2.75) is 20.3 Å². The van der Waals surface area contributed by atoms with Crippen molar-refractivity contribution in [3.8, 4) is 11.5 Å². The summed E-state index contributed by atoms with van der Waals surface area (Å²) in [6.07, 6.45) is 0.764. The van der Waals surface area contributed by atoms with Gasteiger partial charge in [0.15, 0.2) is 11.5 Å². The maximum atomic E-state index is 11.6. The summed E-state index contributed by atoms with van der Waals surface area (Å²) in [5.74, 6) is 2.84. The highest BCUT2D eigenvalue weighted by Gasteiger charge is 2.07. The lowest BCUT2D eigenvalue weighted by molar-refractivity contribution is -0.118. The van der Waals surface area contributed by atoms with Crippen LogP contribution in [0.1, 0.15) is 19.4 Å². The first-order valence-electron chi connectivity index (χ1n) is 7.64. The minimum atomic E-state index is 0.0504. The van der Waals surface area contributed by atoms with E-state index in [2.05, 4.69) is 5.32 Å². The van der Waals surface area contributed by atoms with Crippen LogP contribution >= 0.6 is 11.8 Å². The summed E-state index contributed by atoms with van der Waals surface area (Å²) in [5.41, 5.74) is 6.50. The number of ether oxygens (including phenoxy) is 2. The number of nitrogens with two attached hydrogens (primary N) is 1. The van der Waals surface area contributed by atoms with E-state index in [1.807, 2.05) is 32.0 Å². The number of carbonyl (C=O) groups excluding carboxylic acids is 1. The molecule has 0 aromatic heterocycles. The van der Waals surface area contributed by atoms with Crippen LogP contribution in [0.3, 0.4) is 0 Å². The van der Waals surface area contributed by atoms with E-state index in [0.717, 1.165) is 29.2 Å². The third-order valence-corrected chi connectivity index (χ3v) is 3.83. The van der Waals surface area contributed by atoms with E-state index >= 15 is 0 Å². The molecular formula is C16H26N2O3S. The van der Waals surface area contributed by atoms with Crippen molar-refractivity contribution in [3.63, 3.8) is 0 Å². The predicted octanol–water partition coefficient (Wildman–Crippen LogP) is 1.83. The first kappa shape index (κ1) is 18.6. The fourth-order valence-corrected chi connectivity index (χ4v) is 2.49. The molecule has 0 aliphatic rings. The summed E-state index contributed by atoms with van der Waals surface area (Å²) in [6.45, 7) is 6.31. The molecule has 5 nitrogen and oxygen atoms in total.